The molecule has 3 rings (SSSR count). The molecule has 3 aliphatic carbocycles. The molecule has 24 heavy (non-hydrogen) atoms. The predicted octanol–water partition coefficient (Wildman–Crippen LogP) is 6.71. The van der Waals surface area contributed by atoms with Crippen LogP contribution in [0.3, 0.4) is 0 Å². The highest BCUT2D eigenvalue weighted by Gasteiger charge is 2.38. The van der Waals surface area contributed by atoms with Crippen LogP contribution in [0.25, 0.3) is 0 Å². The van der Waals surface area contributed by atoms with Crippen LogP contribution in [0.2, 0.25) is 0 Å². The Kier molecular flexibility index (Phi) is 6.16. The zero-order chi connectivity index (χ0) is 17.2. The topological polar surface area (TPSA) is 9.23 Å². The van der Waals surface area contributed by atoms with E-state index in [2.05, 4.69) is 11.7 Å². The third-order valence-corrected chi connectivity index (χ3v) is 7.23. The molecule has 0 aromatic carbocycles. The van der Waals surface area contributed by atoms with Crippen molar-refractivity contribution >= 4 is 0 Å². The molecule has 0 heterocycles. The monoisotopic (exact) mass is 346 g/mol. The van der Waals surface area contributed by atoms with Crippen LogP contribution in [0.15, 0.2) is 0 Å². The van der Waals surface area contributed by atoms with E-state index in [9.17, 15) is 13.2 Å². The first-order chi connectivity index (χ1) is 11.4. The molecule has 1 nitrogen and oxygen atoms in total. The summed E-state index contributed by atoms with van der Waals surface area (Å²) in [5.41, 5.74) is 0. The summed E-state index contributed by atoms with van der Waals surface area (Å²) in [5, 5.41) is 0. The lowest BCUT2D eigenvalue weighted by Gasteiger charge is -2.41. The van der Waals surface area contributed by atoms with Crippen LogP contribution in [-0.4, -0.2) is 12.5 Å². The fourth-order valence-electron chi connectivity index (χ4n) is 5.71. The molecule has 0 aliphatic heterocycles. The zero-order valence-corrected chi connectivity index (χ0v) is 15.0. The summed E-state index contributed by atoms with van der Waals surface area (Å²) in [7, 11) is 0. The van der Waals surface area contributed by atoms with Gasteiger partial charge in [0.15, 0.2) is 0 Å². The maximum atomic E-state index is 12.3. The number of rotatable bonds is 3. The molecule has 0 amide bonds. The molecule has 0 aromatic rings. The Hall–Kier alpha value is -0.250. The Labute approximate surface area is 144 Å². The van der Waals surface area contributed by atoms with E-state index in [-0.39, 0.29) is 0 Å². The zero-order valence-electron chi connectivity index (χ0n) is 15.0. The van der Waals surface area contributed by atoms with E-state index >= 15 is 0 Å². The molecule has 140 valence electrons. The number of hydrogen-bond donors (Lipinski definition) is 0. The molecule has 3 fully saturated rings. The van der Waals surface area contributed by atoms with Crippen molar-refractivity contribution in [2.24, 2.45) is 29.6 Å². The van der Waals surface area contributed by atoms with Gasteiger partial charge in [-0.2, -0.15) is 0 Å². The van der Waals surface area contributed by atoms with Gasteiger partial charge in [-0.05, 0) is 93.8 Å². The molecule has 3 saturated carbocycles. The smallest absolute Gasteiger partial charge is 0.289 e. The fourth-order valence-corrected chi connectivity index (χ4v) is 5.71. The summed E-state index contributed by atoms with van der Waals surface area (Å²) in [6.45, 7) is 2.38. The van der Waals surface area contributed by atoms with Crippen molar-refractivity contribution < 1.29 is 17.9 Å². The first-order valence-electron chi connectivity index (χ1n) is 10.1. The molecule has 0 N–H and O–H groups in total. The standard InChI is InChI=1S/C20H33F3O/c1-14-2-4-15(5-3-14)16-6-8-17(9-7-16)18-10-12-19(13-11-18)24-20(21,22)23/h14-19H,2-13H2,1H3. The van der Waals surface area contributed by atoms with Crippen molar-refractivity contribution in [3.63, 3.8) is 0 Å². The minimum absolute atomic E-state index is 0.588. The normalized spacial score (nSPS) is 42.0. The van der Waals surface area contributed by atoms with Crippen molar-refractivity contribution in [3.05, 3.63) is 0 Å². The second kappa shape index (κ2) is 7.97. The van der Waals surface area contributed by atoms with Crippen molar-refractivity contribution in [3.8, 4) is 0 Å². The molecule has 0 unspecified atom stereocenters. The Morgan fingerprint density at radius 3 is 1.29 bits per heavy atom. The van der Waals surface area contributed by atoms with E-state index in [4.69, 9.17) is 0 Å². The van der Waals surface area contributed by atoms with E-state index in [1.165, 1.54) is 51.4 Å². The van der Waals surface area contributed by atoms with E-state index < -0.39 is 12.5 Å². The summed E-state index contributed by atoms with van der Waals surface area (Å²) in [6.07, 6.45) is 9.00. The van der Waals surface area contributed by atoms with Gasteiger partial charge in [0.2, 0.25) is 0 Å². The quantitative estimate of drug-likeness (QED) is 0.551. The van der Waals surface area contributed by atoms with Gasteiger partial charge in [0, 0.05) is 0 Å². The van der Waals surface area contributed by atoms with Crippen LogP contribution in [0.4, 0.5) is 13.2 Å². The van der Waals surface area contributed by atoms with E-state index in [0.29, 0.717) is 18.8 Å². The van der Waals surface area contributed by atoms with Gasteiger partial charge in [-0.15, -0.1) is 13.2 Å². The molecule has 0 aromatic heterocycles. The average Bonchev–Trinajstić information content (AvgIpc) is 2.55. The minimum atomic E-state index is -4.47. The second-order valence-corrected chi connectivity index (χ2v) is 8.80. The predicted molar refractivity (Wildman–Crippen MR) is 89.5 cm³/mol. The summed E-state index contributed by atoms with van der Waals surface area (Å²) in [4.78, 5) is 0. The van der Waals surface area contributed by atoms with Gasteiger partial charge in [-0.1, -0.05) is 19.8 Å². The van der Waals surface area contributed by atoms with E-state index in [1.54, 1.807) is 0 Å². The molecule has 3 aliphatic rings. The van der Waals surface area contributed by atoms with Gasteiger partial charge in [0.05, 0.1) is 6.10 Å². The Balaban J connectivity index is 1.38. The summed E-state index contributed by atoms with van der Waals surface area (Å²) >= 11 is 0. The summed E-state index contributed by atoms with van der Waals surface area (Å²) in [5.74, 6) is 4.21. The Bertz CT molecular complexity index is 371. The van der Waals surface area contributed by atoms with Crippen LogP contribution in [-0.2, 0) is 4.74 Å². The van der Waals surface area contributed by atoms with Crippen molar-refractivity contribution in [2.45, 2.75) is 96.4 Å². The highest BCUT2D eigenvalue weighted by Crippen LogP contribution is 2.45. The molecule has 0 bridgehead atoms. The van der Waals surface area contributed by atoms with Gasteiger partial charge < -0.3 is 0 Å². The van der Waals surface area contributed by atoms with Crippen LogP contribution >= 0.6 is 0 Å². The molecule has 0 atom stereocenters. The molecule has 0 radical (unpaired) electrons. The average molecular weight is 346 g/mol. The number of ether oxygens (including phenoxy) is 1. The Morgan fingerprint density at radius 2 is 0.917 bits per heavy atom. The molecule has 4 heteroatoms. The van der Waals surface area contributed by atoms with Gasteiger partial charge in [-0.25, -0.2) is 0 Å². The lowest BCUT2D eigenvalue weighted by molar-refractivity contribution is -0.346. The minimum Gasteiger partial charge on any atom is -0.289 e. The van der Waals surface area contributed by atoms with Gasteiger partial charge in [0.1, 0.15) is 0 Å². The lowest BCUT2D eigenvalue weighted by Crippen LogP contribution is -2.32. The van der Waals surface area contributed by atoms with Crippen molar-refractivity contribution in [1.29, 1.82) is 0 Å². The molecular formula is C20H33F3O. The first kappa shape index (κ1) is 18.5. The number of halogens is 3. The van der Waals surface area contributed by atoms with Crippen LogP contribution < -0.4 is 0 Å². The third-order valence-electron chi connectivity index (χ3n) is 7.23. The lowest BCUT2D eigenvalue weighted by atomic mass is 9.65. The number of alkyl halides is 3. The van der Waals surface area contributed by atoms with Gasteiger partial charge in [-0.3, -0.25) is 4.74 Å². The van der Waals surface area contributed by atoms with Gasteiger partial charge in [0.25, 0.3) is 0 Å². The van der Waals surface area contributed by atoms with Gasteiger partial charge >= 0.3 is 6.36 Å². The fraction of sp³-hybridized carbons (Fsp3) is 1.00. The molecule has 0 spiro atoms. The second-order valence-electron chi connectivity index (χ2n) is 8.80. The SMILES string of the molecule is CC1CCC(C2CCC(C3CCC(OC(F)(F)F)CC3)CC2)CC1. The molecule has 0 saturated heterocycles. The highest BCUT2D eigenvalue weighted by atomic mass is 19.4. The van der Waals surface area contributed by atoms with Crippen molar-refractivity contribution in [2.75, 3.05) is 0 Å². The van der Waals surface area contributed by atoms with E-state index in [0.717, 1.165) is 36.5 Å². The molecular weight excluding hydrogens is 313 g/mol. The van der Waals surface area contributed by atoms with Crippen LogP contribution in [0.5, 0.6) is 0 Å². The third kappa shape index (κ3) is 5.12. The summed E-state index contributed by atoms with van der Waals surface area (Å²) in [6, 6.07) is 0. The van der Waals surface area contributed by atoms with Crippen molar-refractivity contribution in [1.82, 2.24) is 0 Å². The van der Waals surface area contributed by atoms with Crippen LogP contribution in [0.1, 0.15) is 84.0 Å². The Morgan fingerprint density at radius 1 is 0.583 bits per heavy atom. The number of hydrogen-bond acceptors (Lipinski definition) is 1. The highest BCUT2D eigenvalue weighted by molar-refractivity contribution is 4.85. The van der Waals surface area contributed by atoms with E-state index in [1.807, 2.05) is 0 Å². The maximum Gasteiger partial charge on any atom is 0.522 e. The van der Waals surface area contributed by atoms with Crippen LogP contribution in [0, 0.1) is 29.6 Å². The maximum absolute atomic E-state index is 12.3. The largest absolute Gasteiger partial charge is 0.522 e. The first-order valence-corrected chi connectivity index (χ1v) is 10.1. The summed E-state index contributed by atoms with van der Waals surface area (Å²) < 4.78 is 41.2.